The third-order valence-electron chi connectivity index (χ3n) is 8.20. The normalized spacial score (nSPS) is 21.3. The molecule has 2 N–H and O–H groups in total. The summed E-state index contributed by atoms with van der Waals surface area (Å²) in [5, 5.41) is 5.54. The predicted molar refractivity (Wildman–Crippen MR) is 152 cm³/mol. The SMILES string of the molecule is CNC(=O)[C@@H](NC(=O)C1CCCN(C(=O)[C@@H]2CN(C(=O)c3nccn3C)C[C@H]2c2ccccc2)C1)c1ccccc1. The van der Waals surface area contributed by atoms with E-state index in [2.05, 4.69) is 15.6 Å². The first-order chi connectivity index (χ1) is 19.9. The van der Waals surface area contributed by atoms with Crippen molar-refractivity contribution in [2.45, 2.75) is 24.8 Å². The van der Waals surface area contributed by atoms with Crippen molar-refractivity contribution in [1.29, 1.82) is 0 Å². The summed E-state index contributed by atoms with van der Waals surface area (Å²) >= 11 is 0. The second-order valence-electron chi connectivity index (χ2n) is 10.8. The maximum Gasteiger partial charge on any atom is 0.289 e. The van der Waals surface area contributed by atoms with Crippen LogP contribution in [0.25, 0.3) is 0 Å². The van der Waals surface area contributed by atoms with Gasteiger partial charge in [0.15, 0.2) is 5.82 Å². The Morgan fingerprint density at radius 2 is 1.63 bits per heavy atom. The van der Waals surface area contributed by atoms with Crippen LogP contribution in [0.15, 0.2) is 73.1 Å². The van der Waals surface area contributed by atoms with Crippen LogP contribution in [0.4, 0.5) is 0 Å². The van der Waals surface area contributed by atoms with E-state index in [4.69, 9.17) is 0 Å². The number of aryl methyl sites for hydroxylation is 1. The van der Waals surface area contributed by atoms with E-state index in [1.54, 1.807) is 45.9 Å². The number of likely N-dealkylation sites (tertiary alicyclic amines) is 2. The molecule has 2 aliphatic rings. The van der Waals surface area contributed by atoms with Crippen molar-refractivity contribution in [1.82, 2.24) is 30.0 Å². The van der Waals surface area contributed by atoms with Gasteiger partial charge in [0.05, 0.1) is 11.8 Å². The van der Waals surface area contributed by atoms with E-state index >= 15 is 0 Å². The van der Waals surface area contributed by atoms with E-state index < -0.39 is 17.9 Å². The highest BCUT2D eigenvalue weighted by molar-refractivity contribution is 5.93. The Morgan fingerprint density at radius 3 is 2.29 bits per heavy atom. The van der Waals surface area contributed by atoms with Gasteiger partial charge >= 0.3 is 0 Å². The summed E-state index contributed by atoms with van der Waals surface area (Å²) < 4.78 is 1.68. The van der Waals surface area contributed by atoms with E-state index in [1.807, 2.05) is 48.5 Å². The number of nitrogens with zero attached hydrogens (tertiary/aromatic N) is 4. The van der Waals surface area contributed by atoms with E-state index in [0.29, 0.717) is 37.3 Å². The molecule has 214 valence electrons. The molecule has 3 heterocycles. The number of benzene rings is 2. The molecule has 3 aromatic rings. The summed E-state index contributed by atoms with van der Waals surface area (Å²) in [5.41, 5.74) is 1.70. The predicted octanol–water partition coefficient (Wildman–Crippen LogP) is 2.12. The van der Waals surface area contributed by atoms with Crippen molar-refractivity contribution in [3.63, 3.8) is 0 Å². The molecule has 0 radical (unpaired) electrons. The third kappa shape index (κ3) is 6.01. The van der Waals surface area contributed by atoms with Crippen molar-refractivity contribution in [3.8, 4) is 0 Å². The lowest BCUT2D eigenvalue weighted by molar-refractivity contribution is -0.140. The van der Waals surface area contributed by atoms with Crippen LogP contribution in [0, 0.1) is 11.8 Å². The molecule has 1 aromatic heterocycles. The van der Waals surface area contributed by atoms with Crippen LogP contribution in [0.1, 0.15) is 46.5 Å². The molecule has 5 rings (SSSR count). The molecule has 10 nitrogen and oxygen atoms in total. The molecule has 4 atom stereocenters. The molecule has 0 bridgehead atoms. The van der Waals surface area contributed by atoms with Crippen molar-refractivity contribution >= 4 is 23.6 Å². The second-order valence-corrected chi connectivity index (χ2v) is 10.8. The van der Waals surface area contributed by atoms with E-state index in [0.717, 1.165) is 5.56 Å². The van der Waals surface area contributed by atoms with Gasteiger partial charge in [-0.25, -0.2) is 4.98 Å². The number of amides is 4. The minimum absolute atomic E-state index is 0.0580. The van der Waals surface area contributed by atoms with Crippen LogP contribution >= 0.6 is 0 Å². The first-order valence-corrected chi connectivity index (χ1v) is 14.0. The number of hydrogen-bond acceptors (Lipinski definition) is 5. The maximum atomic E-state index is 14.0. The van der Waals surface area contributed by atoms with E-state index in [9.17, 15) is 19.2 Å². The highest BCUT2D eigenvalue weighted by Gasteiger charge is 2.44. The van der Waals surface area contributed by atoms with Gasteiger partial charge in [-0.2, -0.15) is 0 Å². The zero-order chi connectivity index (χ0) is 28.9. The number of piperidine rings is 1. The standard InChI is InChI=1S/C31H36N6O4/c1-32-29(39)26(22-12-7-4-8-13-22)34-28(38)23-14-9-16-36(18-23)30(40)25-20-37(31(41)27-33-15-17-35(27)2)19-24(25)21-10-5-3-6-11-21/h3-8,10-13,15,17,23-26H,9,14,16,18-20H2,1-2H3,(H,32,39)(H,34,38)/t23?,24-,25+,26-/m0/s1. The zero-order valence-electron chi connectivity index (χ0n) is 23.4. The molecule has 41 heavy (non-hydrogen) atoms. The Morgan fingerprint density at radius 1 is 0.927 bits per heavy atom. The van der Waals surface area contributed by atoms with Gasteiger partial charge < -0.3 is 25.0 Å². The number of hydrogen-bond donors (Lipinski definition) is 2. The summed E-state index contributed by atoms with van der Waals surface area (Å²) in [4.78, 5) is 61.1. The van der Waals surface area contributed by atoms with Crippen molar-refractivity contribution in [2.24, 2.45) is 18.9 Å². The average molecular weight is 557 g/mol. The lowest BCUT2D eigenvalue weighted by atomic mass is 9.87. The van der Waals surface area contributed by atoms with Crippen LogP contribution in [0.3, 0.4) is 0 Å². The molecule has 0 aliphatic carbocycles. The Hall–Kier alpha value is -4.47. The van der Waals surface area contributed by atoms with Crippen molar-refractivity contribution < 1.29 is 19.2 Å². The first kappa shape index (κ1) is 28.1. The van der Waals surface area contributed by atoms with Gasteiger partial charge in [-0.05, 0) is 24.0 Å². The molecule has 4 amide bonds. The topological polar surface area (TPSA) is 117 Å². The van der Waals surface area contributed by atoms with Gasteiger partial charge in [0.1, 0.15) is 6.04 Å². The van der Waals surface area contributed by atoms with Gasteiger partial charge in [-0.1, -0.05) is 60.7 Å². The fourth-order valence-electron chi connectivity index (χ4n) is 5.95. The monoisotopic (exact) mass is 556 g/mol. The number of nitrogens with one attached hydrogen (secondary N) is 2. The minimum Gasteiger partial charge on any atom is -0.357 e. The highest BCUT2D eigenvalue weighted by atomic mass is 16.2. The molecular formula is C31H36N6O4. The van der Waals surface area contributed by atoms with Crippen LogP contribution in [-0.2, 0) is 21.4 Å². The van der Waals surface area contributed by atoms with Crippen molar-refractivity contribution in [3.05, 3.63) is 90.0 Å². The Labute approximate surface area is 239 Å². The number of imidazole rings is 1. The van der Waals surface area contributed by atoms with Gasteiger partial charge in [0.25, 0.3) is 5.91 Å². The summed E-state index contributed by atoms with van der Waals surface area (Å²) in [6.07, 6.45) is 4.62. The maximum absolute atomic E-state index is 14.0. The van der Waals surface area contributed by atoms with Crippen LogP contribution < -0.4 is 10.6 Å². The average Bonchev–Trinajstić information content (AvgIpc) is 3.66. The molecule has 2 aliphatic heterocycles. The number of aromatic nitrogens is 2. The fraction of sp³-hybridized carbons (Fsp3) is 0.387. The lowest BCUT2D eigenvalue weighted by Crippen LogP contribution is -2.50. The Bertz CT molecular complexity index is 1390. The third-order valence-corrected chi connectivity index (χ3v) is 8.20. The number of likely N-dealkylation sites (N-methyl/N-ethyl adjacent to an activating group) is 1. The van der Waals surface area contributed by atoms with Crippen LogP contribution in [0.5, 0.6) is 0 Å². The largest absolute Gasteiger partial charge is 0.357 e. The number of rotatable bonds is 7. The van der Waals surface area contributed by atoms with Gasteiger partial charge in [-0.15, -0.1) is 0 Å². The highest BCUT2D eigenvalue weighted by Crippen LogP contribution is 2.35. The minimum atomic E-state index is -0.817. The van der Waals surface area contributed by atoms with Crippen LogP contribution in [-0.4, -0.2) is 76.2 Å². The van der Waals surface area contributed by atoms with Gasteiger partial charge in [-0.3, -0.25) is 19.2 Å². The quantitative estimate of drug-likeness (QED) is 0.463. The lowest BCUT2D eigenvalue weighted by Gasteiger charge is -2.35. The Kier molecular flexibility index (Phi) is 8.47. The molecule has 1 unspecified atom stereocenters. The molecule has 2 saturated heterocycles. The molecule has 0 spiro atoms. The van der Waals surface area contributed by atoms with Gasteiger partial charge in [0, 0.05) is 58.6 Å². The molecule has 10 heteroatoms. The first-order valence-electron chi connectivity index (χ1n) is 14.0. The zero-order valence-corrected chi connectivity index (χ0v) is 23.4. The molecular weight excluding hydrogens is 520 g/mol. The van der Waals surface area contributed by atoms with Gasteiger partial charge in [0.2, 0.25) is 17.7 Å². The second kappa shape index (κ2) is 12.4. The summed E-state index contributed by atoms with van der Waals surface area (Å²) in [6, 6.07) is 18.1. The molecule has 2 fully saturated rings. The molecule has 2 aromatic carbocycles. The van der Waals surface area contributed by atoms with E-state index in [-0.39, 0.29) is 42.6 Å². The summed E-state index contributed by atoms with van der Waals surface area (Å²) in [6.45, 7) is 1.51. The Balaban J connectivity index is 1.32. The summed E-state index contributed by atoms with van der Waals surface area (Å²) in [7, 11) is 3.32. The van der Waals surface area contributed by atoms with Crippen molar-refractivity contribution in [2.75, 3.05) is 33.2 Å². The molecule has 0 saturated carbocycles. The fourth-order valence-corrected chi connectivity index (χ4v) is 5.95. The smallest absolute Gasteiger partial charge is 0.289 e. The number of carbonyl (C=O) groups is 4. The van der Waals surface area contributed by atoms with E-state index in [1.165, 1.54) is 7.05 Å². The number of carbonyl (C=O) groups excluding carboxylic acids is 4. The van der Waals surface area contributed by atoms with Crippen LogP contribution in [0.2, 0.25) is 0 Å². The summed E-state index contributed by atoms with van der Waals surface area (Å²) in [5.74, 6) is -1.53.